The molecule has 0 spiro atoms. The minimum Gasteiger partial charge on any atom is -0.389 e. The molecule has 2 saturated heterocycles. The van der Waals surface area contributed by atoms with Gasteiger partial charge in [0.25, 0.3) is 0 Å². The number of rotatable bonds is 3. The highest BCUT2D eigenvalue weighted by Crippen LogP contribution is 2.21. The Morgan fingerprint density at radius 2 is 2.00 bits per heavy atom. The molecule has 1 unspecified atom stereocenters. The molecule has 3 nitrogen and oxygen atoms in total. The molecule has 0 saturated carbocycles. The van der Waals surface area contributed by atoms with Crippen molar-refractivity contribution < 1.29 is 5.11 Å². The molecule has 2 aliphatic heterocycles. The van der Waals surface area contributed by atoms with Gasteiger partial charge in [-0.2, -0.15) is 0 Å². The second-order valence-electron chi connectivity index (χ2n) is 4.80. The molecular formula is C11H22N2O. The molecule has 2 heterocycles. The van der Waals surface area contributed by atoms with Gasteiger partial charge < -0.3 is 15.3 Å². The SMILES string of the molecule is OC1(CCN2CCCC2)CCCNC1. The van der Waals surface area contributed by atoms with Crippen LogP contribution in [0, 0.1) is 0 Å². The van der Waals surface area contributed by atoms with Crippen molar-refractivity contribution >= 4 is 0 Å². The molecule has 0 aliphatic carbocycles. The minimum atomic E-state index is -0.416. The highest BCUT2D eigenvalue weighted by atomic mass is 16.3. The van der Waals surface area contributed by atoms with E-state index in [0.717, 1.165) is 38.9 Å². The smallest absolute Gasteiger partial charge is 0.0784 e. The third kappa shape index (κ3) is 2.69. The van der Waals surface area contributed by atoms with Crippen molar-refractivity contribution in [3.05, 3.63) is 0 Å². The lowest BCUT2D eigenvalue weighted by Crippen LogP contribution is -2.47. The fourth-order valence-electron chi connectivity index (χ4n) is 2.54. The van der Waals surface area contributed by atoms with Gasteiger partial charge in [-0.25, -0.2) is 0 Å². The van der Waals surface area contributed by atoms with Gasteiger partial charge in [0, 0.05) is 13.1 Å². The molecule has 0 aromatic rings. The van der Waals surface area contributed by atoms with Gasteiger partial charge in [-0.15, -0.1) is 0 Å². The molecule has 2 aliphatic rings. The summed E-state index contributed by atoms with van der Waals surface area (Å²) in [6.45, 7) is 5.43. The maximum Gasteiger partial charge on any atom is 0.0784 e. The van der Waals surface area contributed by atoms with Crippen molar-refractivity contribution in [1.29, 1.82) is 0 Å². The van der Waals surface area contributed by atoms with Crippen LogP contribution in [-0.2, 0) is 0 Å². The van der Waals surface area contributed by atoms with Crippen molar-refractivity contribution in [2.75, 3.05) is 32.7 Å². The van der Waals surface area contributed by atoms with Crippen LogP contribution in [0.25, 0.3) is 0 Å². The van der Waals surface area contributed by atoms with Crippen molar-refractivity contribution in [1.82, 2.24) is 10.2 Å². The Kier molecular flexibility index (Phi) is 3.42. The van der Waals surface area contributed by atoms with Crippen LogP contribution in [0.15, 0.2) is 0 Å². The van der Waals surface area contributed by atoms with Crippen LogP contribution in [0.3, 0.4) is 0 Å². The number of hydrogen-bond donors (Lipinski definition) is 2. The summed E-state index contributed by atoms with van der Waals surface area (Å²) in [7, 11) is 0. The van der Waals surface area contributed by atoms with E-state index in [0.29, 0.717) is 0 Å². The van der Waals surface area contributed by atoms with E-state index in [4.69, 9.17) is 0 Å². The minimum absolute atomic E-state index is 0.416. The highest BCUT2D eigenvalue weighted by Gasteiger charge is 2.29. The summed E-state index contributed by atoms with van der Waals surface area (Å²) in [6, 6.07) is 0. The van der Waals surface area contributed by atoms with Crippen LogP contribution in [0.1, 0.15) is 32.1 Å². The summed E-state index contributed by atoms with van der Waals surface area (Å²) >= 11 is 0. The highest BCUT2D eigenvalue weighted by molar-refractivity contribution is 4.86. The van der Waals surface area contributed by atoms with Gasteiger partial charge in [-0.1, -0.05) is 0 Å². The Morgan fingerprint density at radius 1 is 1.21 bits per heavy atom. The Balaban J connectivity index is 1.72. The van der Waals surface area contributed by atoms with E-state index in [9.17, 15) is 5.11 Å². The second-order valence-corrected chi connectivity index (χ2v) is 4.80. The maximum absolute atomic E-state index is 10.2. The van der Waals surface area contributed by atoms with Crippen molar-refractivity contribution in [2.24, 2.45) is 0 Å². The van der Waals surface area contributed by atoms with Gasteiger partial charge in [0.15, 0.2) is 0 Å². The topological polar surface area (TPSA) is 35.5 Å². The van der Waals surface area contributed by atoms with Crippen LogP contribution in [-0.4, -0.2) is 48.3 Å². The average molecular weight is 198 g/mol. The Morgan fingerprint density at radius 3 is 2.64 bits per heavy atom. The number of nitrogens with one attached hydrogen (secondary N) is 1. The summed E-state index contributed by atoms with van der Waals surface area (Å²) in [5.41, 5.74) is -0.416. The molecule has 3 heteroatoms. The summed E-state index contributed by atoms with van der Waals surface area (Å²) in [5, 5.41) is 13.5. The lowest BCUT2D eigenvalue weighted by molar-refractivity contribution is 0.00181. The molecule has 2 fully saturated rings. The van der Waals surface area contributed by atoms with Crippen molar-refractivity contribution in [3.8, 4) is 0 Å². The van der Waals surface area contributed by atoms with Crippen LogP contribution in [0.5, 0.6) is 0 Å². The molecule has 0 amide bonds. The van der Waals surface area contributed by atoms with E-state index < -0.39 is 5.60 Å². The zero-order valence-corrected chi connectivity index (χ0v) is 8.97. The van der Waals surface area contributed by atoms with Gasteiger partial charge >= 0.3 is 0 Å². The third-order valence-electron chi connectivity index (χ3n) is 3.54. The molecule has 2 rings (SSSR count). The zero-order chi connectivity index (χ0) is 9.86. The van der Waals surface area contributed by atoms with Crippen LogP contribution < -0.4 is 5.32 Å². The molecule has 2 N–H and O–H groups in total. The molecule has 1 atom stereocenters. The van der Waals surface area contributed by atoms with Gasteiger partial charge in [0.05, 0.1) is 5.60 Å². The summed E-state index contributed by atoms with van der Waals surface area (Å²) in [5.74, 6) is 0. The monoisotopic (exact) mass is 198 g/mol. The van der Waals surface area contributed by atoms with Crippen LogP contribution in [0.2, 0.25) is 0 Å². The van der Waals surface area contributed by atoms with E-state index in [2.05, 4.69) is 10.2 Å². The molecule has 82 valence electrons. The zero-order valence-electron chi connectivity index (χ0n) is 8.97. The first-order chi connectivity index (χ1) is 6.79. The fraction of sp³-hybridized carbons (Fsp3) is 1.00. The summed E-state index contributed by atoms with van der Waals surface area (Å²) in [6.07, 6.45) is 5.73. The number of β-amino-alcohol motifs (C(OH)–C–C–N with tert-alkyl or cyclic N) is 1. The lowest BCUT2D eigenvalue weighted by Gasteiger charge is -2.34. The number of hydrogen-bond acceptors (Lipinski definition) is 3. The predicted molar refractivity (Wildman–Crippen MR) is 57.3 cm³/mol. The lowest BCUT2D eigenvalue weighted by atomic mass is 9.91. The Labute approximate surface area is 86.5 Å². The Bertz CT molecular complexity index is 172. The standard InChI is InChI=1S/C11H22N2O/c14-11(4-3-6-12-10-11)5-9-13-7-1-2-8-13/h12,14H,1-10H2. The van der Waals surface area contributed by atoms with E-state index in [1.165, 1.54) is 25.9 Å². The van der Waals surface area contributed by atoms with E-state index in [1.54, 1.807) is 0 Å². The summed E-state index contributed by atoms with van der Waals surface area (Å²) in [4.78, 5) is 2.48. The Hall–Kier alpha value is -0.120. The average Bonchev–Trinajstić information content (AvgIpc) is 2.69. The van der Waals surface area contributed by atoms with Crippen LogP contribution in [0.4, 0.5) is 0 Å². The van der Waals surface area contributed by atoms with Gasteiger partial charge in [-0.05, 0) is 51.7 Å². The third-order valence-corrected chi connectivity index (χ3v) is 3.54. The van der Waals surface area contributed by atoms with Gasteiger partial charge in [0.1, 0.15) is 0 Å². The first-order valence-electron chi connectivity index (χ1n) is 5.94. The molecule has 14 heavy (non-hydrogen) atoms. The quantitative estimate of drug-likeness (QED) is 0.696. The van der Waals surface area contributed by atoms with Crippen molar-refractivity contribution in [3.63, 3.8) is 0 Å². The number of likely N-dealkylation sites (tertiary alicyclic amines) is 1. The second kappa shape index (κ2) is 4.60. The number of aliphatic hydroxyl groups is 1. The molecule has 0 bridgehead atoms. The van der Waals surface area contributed by atoms with Crippen LogP contribution >= 0.6 is 0 Å². The largest absolute Gasteiger partial charge is 0.389 e. The fourth-order valence-corrected chi connectivity index (χ4v) is 2.54. The molecule has 0 aromatic carbocycles. The predicted octanol–water partition coefficient (Wildman–Crippen LogP) is 0.587. The normalized spacial score (nSPS) is 34.9. The first kappa shape index (κ1) is 10.4. The van der Waals surface area contributed by atoms with E-state index in [-0.39, 0.29) is 0 Å². The molecule has 0 radical (unpaired) electrons. The van der Waals surface area contributed by atoms with Crippen molar-refractivity contribution in [2.45, 2.75) is 37.7 Å². The summed E-state index contributed by atoms with van der Waals surface area (Å²) < 4.78 is 0. The van der Waals surface area contributed by atoms with E-state index >= 15 is 0 Å². The van der Waals surface area contributed by atoms with Gasteiger partial charge in [0.2, 0.25) is 0 Å². The first-order valence-corrected chi connectivity index (χ1v) is 5.94. The molecular weight excluding hydrogens is 176 g/mol. The molecule has 0 aromatic heterocycles. The number of piperidine rings is 1. The van der Waals surface area contributed by atoms with Gasteiger partial charge in [-0.3, -0.25) is 0 Å². The van der Waals surface area contributed by atoms with E-state index in [1.807, 2.05) is 0 Å². The maximum atomic E-state index is 10.2. The number of nitrogens with zero attached hydrogens (tertiary/aromatic N) is 1.